The molecule has 0 atom stereocenters. The molecule has 0 aromatic heterocycles. The van der Waals surface area contributed by atoms with E-state index in [1.165, 1.54) is 11.3 Å². The van der Waals surface area contributed by atoms with Gasteiger partial charge in [-0.3, -0.25) is 4.79 Å². The Morgan fingerprint density at radius 1 is 1.44 bits per heavy atom. The first-order valence-electron chi connectivity index (χ1n) is 5.79. The molecule has 1 aliphatic rings. The number of hydrogen-bond donors (Lipinski definition) is 0. The number of benzene rings is 1. The van der Waals surface area contributed by atoms with Crippen LogP contribution in [0.15, 0.2) is 24.3 Å². The zero-order chi connectivity index (χ0) is 11.4. The van der Waals surface area contributed by atoms with Gasteiger partial charge in [-0.05, 0) is 31.4 Å². The Hall–Kier alpha value is -1.51. The Labute approximate surface area is 96.0 Å². The Balaban J connectivity index is 2.10. The molecule has 0 fully saturated rings. The Bertz CT molecular complexity index is 376. The minimum Gasteiger partial charge on any atom is -0.465 e. The molecule has 0 radical (unpaired) electrons. The third-order valence-corrected chi connectivity index (χ3v) is 2.83. The average Bonchev–Trinajstić information content (AvgIpc) is 2.30. The van der Waals surface area contributed by atoms with Crippen molar-refractivity contribution in [1.29, 1.82) is 0 Å². The maximum Gasteiger partial charge on any atom is 0.325 e. The first-order valence-corrected chi connectivity index (χ1v) is 5.79. The molecule has 1 aromatic rings. The highest BCUT2D eigenvalue weighted by atomic mass is 16.5. The number of ether oxygens (including phenoxy) is 1. The minimum atomic E-state index is -0.140. The molecular formula is C13H17NO2. The molecule has 2 rings (SSSR count). The van der Waals surface area contributed by atoms with E-state index in [1.807, 2.05) is 19.1 Å². The van der Waals surface area contributed by atoms with Gasteiger partial charge in [0.2, 0.25) is 0 Å². The lowest BCUT2D eigenvalue weighted by Gasteiger charge is -2.30. The highest BCUT2D eigenvalue weighted by Crippen LogP contribution is 2.26. The van der Waals surface area contributed by atoms with Crippen molar-refractivity contribution in [1.82, 2.24) is 0 Å². The Kier molecular flexibility index (Phi) is 3.44. The number of esters is 1. The summed E-state index contributed by atoms with van der Waals surface area (Å²) in [5.41, 5.74) is 2.51. The van der Waals surface area contributed by atoms with E-state index in [-0.39, 0.29) is 5.97 Å². The van der Waals surface area contributed by atoms with Crippen LogP contribution in [0.25, 0.3) is 0 Å². The van der Waals surface area contributed by atoms with Gasteiger partial charge in [-0.25, -0.2) is 0 Å². The second-order valence-corrected chi connectivity index (χ2v) is 3.96. The lowest BCUT2D eigenvalue weighted by Crippen LogP contribution is -2.35. The van der Waals surface area contributed by atoms with E-state index < -0.39 is 0 Å². The van der Waals surface area contributed by atoms with Crippen molar-refractivity contribution >= 4 is 11.7 Å². The summed E-state index contributed by atoms with van der Waals surface area (Å²) in [6.45, 7) is 3.59. The summed E-state index contributed by atoms with van der Waals surface area (Å²) in [5, 5.41) is 0. The Morgan fingerprint density at radius 3 is 3.06 bits per heavy atom. The van der Waals surface area contributed by atoms with Crippen LogP contribution in [0.4, 0.5) is 5.69 Å². The van der Waals surface area contributed by atoms with Crippen LogP contribution >= 0.6 is 0 Å². The number of fused-ring (bicyclic) bond motifs is 1. The van der Waals surface area contributed by atoms with Crippen LogP contribution in [0, 0.1) is 0 Å². The van der Waals surface area contributed by atoms with Gasteiger partial charge in [0.1, 0.15) is 6.54 Å². The quantitative estimate of drug-likeness (QED) is 0.728. The summed E-state index contributed by atoms with van der Waals surface area (Å²) in [6.07, 6.45) is 2.21. The Morgan fingerprint density at radius 2 is 2.25 bits per heavy atom. The van der Waals surface area contributed by atoms with Crippen LogP contribution in [-0.4, -0.2) is 25.7 Å². The van der Waals surface area contributed by atoms with Crippen LogP contribution in [0.1, 0.15) is 18.9 Å². The number of carbonyl (C=O) groups excluding carboxylic acids is 1. The molecule has 16 heavy (non-hydrogen) atoms. The highest BCUT2D eigenvalue weighted by Gasteiger charge is 2.18. The molecule has 0 spiro atoms. The summed E-state index contributed by atoms with van der Waals surface area (Å²) in [4.78, 5) is 13.6. The van der Waals surface area contributed by atoms with Gasteiger partial charge in [-0.15, -0.1) is 0 Å². The maximum absolute atomic E-state index is 11.5. The molecule has 3 heteroatoms. The SMILES string of the molecule is CCOC(=O)CN1CCCc2ccccc21. The second kappa shape index (κ2) is 5.01. The molecular weight excluding hydrogens is 202 g/mol. The number of nitrogens with zero attached hydrogens (tertiary/aromatic N) is 1. The molecule has 0 unspecified atom stereocenters. The summed E-state index contributed by atoms with van der Waals surface area (Å²) in [5.74, 6) is -0.140. The van der Waals surface area contributed by atoms with E-state index >= 15 is 0 Å². The third-order valence-electron chi connectivity index (χ3n) is 2.83. The first kappa shape index (κ1) is 11.0. The second-order valence-electron chi connectivity index (χ2n) is 3.96. The predicted octanol–water partition coefficient (Wildman–Crippen LogP) is 2.00. The fourth-order valence-corrected chi connectivity index (χ4v) is 2.14. The molecule has 0 N–H and O–H groups in total. The number of hydrogen-bond acceptors (Lipinski definition) is 3. The van der Waals surface area contributed by atoms with Gasteiger partial charge in [-0.2, -0.15) is 0 Å². The van der Waals surface area contributed by atoms with E-state index in [9.17, 15) is 4.79 Å². The topological polar surface area (TPSA) is 29.5 Å². The third kappa shape index (κ3) is 2.35. The fraction of sp³-hybridized carbons (Fsp3) is 0.462. The zero-order valence-corrected chi connectivity index (χ0v) is 9.61. The number of rotatable bonds is 3. The van der Waals surface area contributed by atoms with Crippen LogP contribution in [-0.2, 0) is 16.0 Å². The maximum atomic E-state index is 11.5. The van der Waals surface area contributed by atoms with Crippen LogP contribution < -0.4 is 4.90 Å². The van der Waals surface area contributed by atoms with Gasteiger partial charge in [0.05, 0.1) is 6.61 Å². The van der Waals surface area contributed by atoms with E-state index in [4.69, 9.17) is 4.74 Å². The minimum absolute atomic E-state index is 0.140. The molecule has 0 amide bonds. The van der Waals surface area contributed by atoms with Crippen LogP contribution in [0.2, 0.25) is 0 Å². The monoisotopic (exact) mass is 219 g/mol. The van der Waals surface area contributed by atoms with Gasteiger partial charge in [0, 0.05) is 12.2 Å². The average molecular weight is 219 g/mol. The largest absolute Gasteiger partial charge is 0.465 e. The zero-order valence-electron chi connectivity index (χ0n) is 9.61. The van der Waals surface area contributed by atoms with Crippen molar-refractivity contribution in [3.8, 4) is 0 Å². The van der Waals surface area contributed by atoms with E-state index in [1.54, 1.807) is 0 Å². The summed E-state index contributed by atoms with van der Waals surface area (Å²) < 4.78 is 4.98. The fourth-order valence-electron chi connectivity index (χ4n) is 2.14. The normalized spacial score (nSPS) is 14.4. The summed E-state index contributed by atoms with van der Waals surface area (Å²) >= 11 is 0. The number of carbonyl (C=O) groups is 1. The van der Waals surface area contributed by atoms with E-state index in [2.05, 4.69) is 17.0 Å². The van der Waals surface area contributed by atoms with Crippen molar-refractivity contribution in [2.45, 2.75) is 19.8 Å². The van der Waals surface area contributed by atoms with Crippen molar-refractivity contribution in [3.63, 3.8) is 0 Å². The lowest BCUT2D eigenvalue weighted by molar-refractivity contribution is -0.141. The molecule has 1 aromatic carbocycles. The molecule has 0 saturated heterocycles. The molecule has 86 valence electrons. The molecule has 0 saturated carbocycles. The summed E-state index contributed by atoms with van der Waals surface area (Å²) in [6, 6.07) is 8.27. The molecule has 0 aliphatic carbocycles. The number of para-hydroxylation sites is 1. The number of aryl methyl sites for hydroxylation is 1. The van der Waals surface area contributed by atoms with Gasteiger partial charge >= 0.3 is 5.97 Å². The van der Waals surface area contributed by atoms with Crippen molar-refractivity contribution in [2.75, 3.05) is 24.6 Å². The molecule has 1 aliphatic heterocycles. The lowest BCUT2D eigenvalue weighted by atomic mass is 10.0. The van der Waals surface area contributed by atoms with Crippen molar-refractivity contribution in [3.05, 3.63) is 29.8 Å². The van der Waals surface area contributed by atoms with Crippen molar-refractivity contribution in [2.24, 2.45) is 0 Å². The standard InChI is InChI=1S/C13H17NO2/c1-2-16-13(15)10-14-9-5-7-11-6-3-4-8-12(11)14/h3-4,6,8H,2,5,7,9-10H2,1H3. The number of anilines is 1. The first-order chi connectivity index (χ1) is 7.81. The highest BCUT2D eigenvalue weighted by molar-refractivity contribution is 5.76. The molecule has 1 heterocycles. The van der Waals surface area contributed by atoms with Gasteiger partial charge in [0.25, 0.3) is 0 Å². The molecule has 0 bridgehead atoms. The smallest absolute Gasteiger partial charge is 0.325 e. The van der Waals surface area contributed by atoms with Gasteiger partial charge in [-0.1, -0.05) is 18.2 Å². The van der Waals surface area contributed by atoms with Gasteiger partial charge in [0.15, 0.2) is 0 Å². The van der Waals surface area contributed by atoms with Gasteiger partial charge < -0.3 is 9.64 Å². The predicted molar refractivity (Wildman–Crippen MR) is 63.6 cm³/mol. The van der Waals surface area contributed by atoms with E-state index in [0.29, 0.717) is 13.2 Å². The molecule has 3 nitrogen and oxygen atoms in total. The van der Waals surface area contributed by atoms with Crippen LogP contribution in [0.3, 0.4) is 0 Å². The summed E-state index contributed by atoms with van der Waals surface area (Å²) in [7, 11) is 0. The van der Waals surface area contributed by atoms with Crippen LogP contribution in [0.5, 0.6) is 0 Å². The van der Waals surface area contributed by atoms with E-state index in [0.717, 1.165) is 19.4 Å². The van der Waals surface area contributed by atoms with Crippen molar-refractivity contribution < 1.29 is 9.53 Å².